The van der Waals surface area contributed by atoms with Crippen LogP contribution in [0.15, 0.2) is 36.7 Å². The molecule has 0 unspecified atom stereocenters. The number of piperidine rings is 1. The van der Waals surface area contributed by atoms with Gasteiger partial charge in [-0.15, -0.1) is 0 Å². The number of carbonyl (C=O) groups is 1. The van der Waals surface area contributed by atoms with E-state index in [2.05, 4.69) is 49.5 Å². The minimum absolute atomic E-state index is 0.0411. The van der Waals surface area contributed by atoms with Gasteiger partial charge in [0.1, 0.15) is 12.1 Å². The Balaban J connectivity index is 1.33. The van der Waals surface area contributed by atoms with Gasteiger partial charge in [-0.05, 0) is 38.2 Å². The maximum Gasteiger partial charge on any atom is 0.254 e. The van der Waals surface area contributed by atoms with E-state index in [1.54, 1.807) is 6.33 Å². The van der Waals surface area contributed by atoms with Gasteiger partial charge in [0, 0.05) is 49.8 Å². The standard InChI is InChI=1S/C24H30N6O2/c1-17-21(14-18-6-3-2-4-7-18)23(30-24(28-17)26-16-27-30)29-11-9-19(10-12-29)22(31)25-15-20-8-5-13-32-20/h2-4,6-7,16,19-20H,5,8-15H2,1H3,(H,25,31)/t20-/m1/s1. The SMILES string of the molecule is Cc1nc2ncnn2c(N2CCC(C(=O)NC[C@H]3CCCO3)CC2)c1Cc1ccccc1. The lowest BCUT2D eigenvalue weighted by atomic mass is 9.95. The molecule has 4 heterocycles. The predicted octanol–water partition coefficient (Wildman–Crippen LogP) is 2.54. The van der Waals surface area contributed by atoms with Gasteiger partial charge in [-0.2, -0.15) is 14.6 Å². The van der Waals surface area contributed by atoms with Gasteiger partial charge in [-0.25, -0.2) is 4.98 Å². The van der Waals surface area contributed by atoms with Crippen LogP contribution in [0.25, 0.3) is 5.78 Å². The summed E-state index contributed by atoms with van der Waals surface area (Å²) in [5.41, 5.74) is 3.37. The van der Waals surface area contributed by atoms with Crippen molar-refractivity contribution in [1.82, 2.24) is 24.9 Å². The maximum absolute atomic E-state index is 12.7. The van der Waals surface area contributed by atoms with Gasteiger partial charge < -0.3 is 15.0 Å². The fraction of sp³-hybridized carbons (Fsp3) is 0.500. The summed E-state index contributed by atoms with van der Waals surface area (Å²) in [4.78, 5) is 24.1. The van der Waals surface area contributed by atoms with Crippen LogP contribution in [0.4, 0.5) is 5.82 Å². The van der Waals surface area contributed by atoms with Gasteiger partial charge in [0.25, 0.3) is 5.78 Å². The first-order valence-corrected chi connectivity index (χ1v) is 11.6. The number of aromatic nitrogens is 4. The molecule has 2 aliphatic rings. The molecule has 2 saturated heterocycles. The highest BCUT2D eigenvalue weighted by molar-refractivity contribution is 5.79. The first-order chi connectivity index (χ1) is 15.7. The number of nitrogens with one attached hydrogen (secondary N) is 1. The molecule has 32 heavy (non-hydrogen) atoms. The third kappa shape index (κ3) is 4.32. The Kier molecular flexibility index (Phi) is 6.03. The van der Waals surface area contributed by atoms with Crippen LogP contribution in [-0.4, -0.2) is 57.8 Å². The van der Waals surface area contributed by atoms with E-state index in [0.717, 1.165) is 68.9 Å². The van der Waals surface area contributed by atoms with Crippen molar-refractivity contribution >= 4 is 17.5 Å². The number of benzene rings is 1. The molecule has 8 nitrogen and oxygen atoms in total. The number of aryl methyl sites for hydroxylation is 1. The molecule has 8 heteroatoms. The van der Waals surface area contributed by atoms with E-state index >= 15 is 0 Å². The van der Waals surface area contributed by atoms with Gasteiger partial charge in [-0.1, -0.05) is 30.3 Å². The number of carbonyl (C=O) groups excluding carboxylic acids is 1. The van der Waals surface area contributed by atoms with Crippen LogP contribution in [0.2, 0.25) is 0 Å². The number of amides is 1. The third-order valence-corrected chi connectivity index (χ3v) is 6.62. The van der Waals surface area contributed by atoms with Crippen LogP contribution in [0.1, 0.15) is 42.5 Å². The first kappa shape index (κ1) is 20.9. The maximum atomic E-state index is 12.7. The number of ether oxygens (including phenoxy) is 1. The topological polar surface area (TPSA) is 84.7 Å². The molecule has 2 fully saturated rings. The molecule has 1 aromatic carbocycles. The second-order valence-electron chi connectivity index (χ2n) is 8.78. The molecule has 2 aliphatic heterocycles. The molecule has 0 radical (unpaired) electrons. The lowest BCUT2D eigenvalue weighted by Gasteiger charge is -2.34. The average molecular weight is 435 g/mol. The lowest BCUT2D eigenvalue weighted by Crippen LogP contribution is -2.43. The summed E-state index contributed by atoms with van der Waals surface area (Å²) < 4.78 is 7.48. The monoisotopic (exact) mass is 434 g/mol. The Bertz CT molecular complexity index is 1070. The van der Waals surface area contributed by atoms with Gasteiger partial charge >= 0.3 is 0 Å². The molecule has 3 aromatic rings. The summed E-state index contributed by atoms with van der Waals surface area (Å²) in [6.45, 7) is 5.09. The fourth-order valence-electron chi connectivity index (χ4n) is 4.82. The van der Waals surface area contributed by atoms with Crippen molar-refractivity contribution in [2.75, 3.05) is 31.1 Å². The second kappa shape index (κ2) is 9.24. The molecule has 0 spiro atoms. The van der Waals surface area contributed by atoms with Crippen molar-refractivity contribution < 1.29 is 9.53 Å². The quantitative estimate of drug-likeness (QED) is 0.642. The molecule has 0 aliphatic carbocycles. The molecule has 1 N–H and O–H groups in total. The number of rotatable bonds is 6. The van der Waals surface area contributed by atoms with E-state index in [9.17, 15) is 4.79 Å². The number of hydrogen-bond donors (Lipinski definition) is 1. The highest BCUT2D eigenvalue weighted by Crippen LogP contribution is 2.30. The van der Waals surface area contributed by atoms with Crippen molar-refractivity contribution in [3.63, 3.8) is 0 Å². The molecule has 2 aromatic heterocycles. The Morgan fingerprint density at radius 2 is 2.00 bits per heavy atom. The van der Waals surface area contributed by atoms with E-state index in [1.807, 2.05) is 17.5 Å². The van der Waals surface area contributed by atoms with Crippen molar-refractivity contribution in [3.05, 3.63) is 53.5 Å². The molecule has 1 atom stereocenters. The summed E-state index contributed by atoms with van der Waals surface area (Å²) in [7, 11) is 0. The second-order valence-corrected chi connectivity index (χ2v) is 8.78. The zero-order chi connectivity index (χ0) is 21.9. The molecule has 5 rings (SSSR count). The number of fused-ring (bicyclic) bond motifs is 1. The fourth-order valence-corrected chi connectivity index (χ4v) is 4.82. The summed E-state index contributed by atoms with van der Waals surface area (Å²) in [6.07, 6.45) is 6.29. The van der Waals surface area contributed by atoms with Gasteiger partial charge in [0.05, 0.1) is 6.10 Å². The smallest absolute Gasteiger partial charge is 0.254 e. The van der Waals surface area contributed by atoms with E-state index in [1.165, 1.54) is 5.56 Å². The van der Waals surface area contributed by atoms with E-state index < -0.39 is 0 Å². The Morgan fingerprint density at radius 3 is 2.75 bits per heavy atom. The van der Waals surface area contributed by atoms with E-state index in [4.69, 9.17) is 4.74 Å². The van der Waals surface area contributed by atoms with Crippen molar-refractivity contribution in [3.8, 4) is 0 Å². The van der Waals surface area contributed by atoms with Crippen LogP contribution in [0, 0.1) is 12.8 Å². The first-order valence-electron chi connectivity index (χ1n) is 11.6. The molecule has 1 amide bonds. The molecular weight excluding hydrogens is 404 g/mol. The lowest BCUT2D eigenvalue weighted by molar-refractivity contribution is -0.126. The zero-order valence-corrected chi connectivity index (χ0v) is 18.5. The number of hydrogen-bond acceptors (Lipinski definition) is 6. The van der Waals surface area contributed by atoms with Crippen LogP contribution < -0.4 is 10.2 Å². The van der Waals surface area contributed by atoms with Gasteiger partial charge in [0.2, 0.25) is 5.91 Å². The highest BCUT2D eigenvalue weighted by Gasteiger charge is 2.29. The van der Waals surface area contributed by atoms with Crippen LogP contribution in [0.3, 0.4) is 0 Å². The largest absolute Gasteiger partial charge is 0.376 e. The average Bonchev–Trinajstić information content (AvgIpc) is 3.51. The summed E-state index contributed by atoms with van der Waals surface area (Å²) >= 11 is 0. The van der Waals surface area contributed by atoms with Gasteiger partial charge in [-0.3, -0.25) is 4.79 Å². The third-order valence-electron chi connectivity index (χ3n) is 6.62. The summed E-state index contributed by atoms with van der Waals surface area (Å²) in [6, 6.07) is 10.4. The van der Waals surface area contributed by atoms with E-state index in [-0.39, 0.29) is 17.9 Å². The van der Waals surface area contributed by atoms with Crippen molar-refractivity contribution in [1.29, 1.82) is 0 Å². The highest BCUT2D eigenvalue weighted by atomic mass is 16.5. The normalized spacial score (nSPS) is 19.5. The number of anilines is 1. The van der Waals surface area contributed by atoms with Crippen molar-refractivity contribution in [2.45, 2.75) is 45.1 Å². The Hall–Kier alpha value is -3.00. The van der Waals surface area contributed by atoms with Gasteiger partial charge in [0.15, 0.2) is 0 Å². The molecular formula is C24H30N6O2. The summed E-state index contributed by atoms with van der Waals surface area (Å²) in [5.74, 6) is 1.86. The Labute approximate surface area is 188 Å². The molecule has 0 saturated carbocycles. The van der Waals surface area contributed by atoms with E-state index in [0.29, 0.717) is 12.3 Å². The zero-order valence-electron chi connectivity index (χ0n) is 18.5. The minimum Gasteiger partial charge on any atom is -0.376 e. The number of nitrogens with zero attached hydrogens (tertiary/aromatic N) is 5. The molecule has 168 valence electrons. The van der Waals surface area contributed by atoms with Crippen molar-refractivity contribution in [2.24, 2.45) is 5.92 Å². The van der Waals surface area contributed by atoms with Crippen LogP contribution >= 0.6 is 0 Å². The van der Waals surface area contributed by atoms with Crippen LogP contribution in [0.5, 0.6) is 0 Å². The minimum atomic E-state index is 0.0411. The predicted molar refractivity (Wildman–Crippen MR) is 122 cm³/mol. The summed E-state index contributed by atoms with van der Waals surface area (Å²) in [5, 5.41) is 7.58. The Morgan fingerprint density at radius 1 is 1.19 bits per heavy atom. The molecule has 0 bridgehead atoms. The van der Waals surface area contributed by atoms with Crippen LogP contribution in [-0.2, 0) is 16.0 Å².